The lowest BCUT2D eigenvalue weighted by atomic mass is 10.2. The Balaban J connectivity index is 2.42. The second-order valence-corrected chi connectivity index (χ2v) is 4.88. The van der Waals surface area contributed by atoms with Crippen LogP contribution in [-0.2, 0) is 0 Å². The summed E-state index contributed by atoms with van der Waals surface area (Å²) in [5, 5.41) is 9.66. The second kappa shape index (κ2) is 5.29. The molecule has 0 fully saturated rings. The number of nitrogens with zero attached hydrogens (tertiary/aromatic N) is 1. The van der Waals surface area contributed by atoms with Gasteiger partial charge in [-0.3, -0.25) is 0 Å². The van der Waals surface area contributed by atoms with Gasteiger partial charge in [-0.15, -0.1) is 11.8 Å². The molecule has 0 unspecified atom stereocenters. The van der Waals surface area contributed by atoms with E-state index in [2.05, 4.69) is 4.98 Å². The predicted molar refractivity (Wildman–Crippen MR) is 65.8 cm³/mol. The maximum atomic E-state index is 11.3. The van der Waals surface area contributed by atoms with E-state index in [1.54, 1.807) is 12.1 Å². The smallest absolute Gasteiger partial charge is 0.337 e. The summed E-state index contributed by atoms with van der Waals surface area (Å²) in [6, 6.07) is 5.36. The van der Waals surface area contributed by atoms with Crippen molar-refractivity contribution in [1.29, 1.82) is 0 Å². The van der Waals surface area contributed by atoms with Crippen molar-refractivity contribution >= 4 is 29.5 Å². The zero-order valence-electron chi connectivity index (χ0n) is 8.91. The number of rotatable bonds is 4. The Morgan fingerprint density at radius 1 is 1.41 bits per heavy atom. The van der Waals surface area contributed by atoms with Crippen molar-refractivity contribution < 1.29 is 14.3 Å². The van der Waals surface area contributed by atoms with E-state index < -0.39 is 5.97 Å². The fourth-order valence-electron chi connectivity index (χ4n) is 1.33. The molecule has 1 N–H and O–H groups in total. The Labute approximate surface area is 106 Å². The minimum Gasteiger partial charge on any atom is -0.478 e. The maximum Gasteiger partial charge on any atom is 0.337 e. The third kappa shape index (κ3) is 2.65. The number of aromatic nitrogens is 1. The fraction of sp³-hybridized carbons (Fsp3) is 0.0909. The molecule has 1 heterocycles. The summed E-state index contributed by atoms with van der Waals surface area (Å²) in [5.74, 6) is -0.941. The van der Waals surface area contributed by atoms with Crippen LogP contribution in [0.3, 0.4) is 0 Å². The van der Waals surface area contributed by atoms with Gasteiger partial charge in [0, 0.05) is 9.79 Å². The summed E-state index contributed by atoms with van der Waals surface area (Å²) >= 11 is 2.61. The van der Waals surface area contributed by atoms with Crippen LogP contribution in [-0.4, -0.2) is 22.3 Å². The van der Waals surface area contributed by atoms with E-state index >= 15 is 0 Å². The molecular formula is C11H9NO3S2. The number of oxazole rings is 1. The SMILES string of the molecule is CSc1cccc(Sc2ncco2)c1C(=O)O. The highest BCUT2D eigenvalue weighted by atomic mass is 32.2. The fourth-order valence-corrected chi connectivity index (χ4v) is 2.86. The first-order chi connectivity index (χ1) is 8.22. The number of benzene rings is 1. The lowest BCUT2D eigenvalue weighted by molar-refractivity contribution is 0.0689. The molecule has 1 aromatic carbocycles. The molecule has 0 saturated carbocycles. The van der Waals surface area contributed by atoms with Gasteiger partial charge in [0.1, 0.15) is 6.26 Å². The van der Waals surface area contributed by atoms with Crippen molar-refractivity contribution in [2.24, 2.45) is 0 Å². The Kier molecular flexibility index (Phi) is 3.75. The molecule has 1 aromatic heterocycles. The van der Waals surface area contributed by atoms with E-state index in [1.165, 1.54) is 36.0 Å². The lowest BCUT2D eigenvalue weighted by Crippen LogP contribution is -2.01. The van der Waals surface area contributed by atoms with Crippen LogP contribution in [0.15, 0.2) is 50.1 Å². The van der Waals surface area contributed by atoms with Gasteiger partial charge in [-0.25, -0.2) is 9.78 Å². The molecule has 4 nitrogen and oxygen atoms in total. The second-order valence-electron chi connectivity index (χ2n) is 3.04. The average molecular weight is 267 g/mol. The average Bonchev–Trinajstić information content (AvgIpc) is 2.81. The first-order valence-electron chi connectivity index (χ1n) is 4.70. The van der Waals surface area contributed by atoms with E-state index in [1.807, 2.05) is 12.3 Å². The van der Waals surface area contributed by atoms with Gasteiger partial charge < -0.3 is 9.52 Å². The molecule has 0 saturated heterocycles. The normalized spacial score (nSPS) is 10.4. The van der Waals surface area contributed by atoms with E-state index in [-0.39, 0.29) is 0 Å². The summed E-state index contributed by atoms with van der Waals surface area (Å²) in [5.41, 5.74) is 0.295. The number of carboxylic acids is 1. The minimum absolute atomic E-state index is 0.295. The van der Waals surface area contributed by atoms with Gasteiger partial charge in [0.05, 0.1) is 11.8 Å². The van der Waals surface area contributed by atoms with Gasteiger partial charge in [-0.1, -0.05) is 6.07 Å². The highest BCUT2D eigenvalue weighted by Gasteiger charge is 2.17. The predicted octanol–water partition coefficient (Wildman–Crippen LogP) is 3.25. The first kappa shape index (κ1) is 12.1. The van der Waals surface area contributed by atoms with Crippen LogP contribution in [0, 0.1) is 0 Å². The van der Waals surface area contributed by atoms with Crippen molar-refractivity contribution in [3.8, 4) is 0 Å². The molecule has 2 rings (SSSR count). The van der Waals surface area contributed by atoms with Gasteiger partial charge in [-0.05, 0) is 30.2 Å². The first-order valence-corrected chi connectivity index (χ1v) is 6.74. The number of thioether (sulfide) groups is 1. The molecule has 88 valence electrons. The highest BCUT2D eigenvalue weighted by molar-refractivity contribution is 7.99. The number of aromatic carboxylic acids is 1. The zero-order chi connectivity index (χ0) is 12.3. The van der Waals surface area contributed by atoms with Crippen molar-refractivity contribution in [2.75, 3.05) is 6.26 Å². The van der Waals surface area contributed by atoms with Gasteiger partial charge >= 0.3 is 5.97 Å². The topological polar surface area (TPSA) is 63.3 Å². The van der Waals surface area contributed by atoms with Gasteiger partial charge in [0.2, 0.25) is 0 Å². The molecule has 0 aliphatic rings. The largest absolute Gasteiger partial charge is 0.478 e. The van der Waals surface area contributed by atoms with Crippen molar-refractivity contribution in [3.63, 3.8) is 0 Å². The summed E-state index contributed by atoms with van der Waals surface area (Å²) < 4.78 is 5.10. The minimum atomic E-state index is -0.941. The molecule has 0 bridgehead atoms. The Morgan fingerprint density at radius 2 is 2.18 bits per heavy atom. The molecule has 0 atom stereocenters. The van der Waals surface area contributed by atoms with E-state index in [0.29, 0.717) is 15.7 Å². The van der Waals surface area contributed by atoms with Gasteiger partial charge in [0.25, 0.3) is 5.22 Å². The molecule has 0 spiro atoms. The summed E-state index contributed by atoms with van der Waals surface area (Å²) in [7, 11) is 0. The Morgan fingerprint density at radius 3 is 2.76 bits per heavy atom. The third-order valence-corrected chi connectivity index (χ3v) is 3.75. The molecule has 2 aromatic rings. The van der Waals surface area contributed by atoms with Crippen LogP contribution in [0.1, 0.15) is 10.4 Å². The standard InChI is InChI=1S/C11H9NO3S2/c1-16-7-3-2-4-8(9(7)10(13)14)17-11-12-5-6-15-11/h2-6H,1H3,(H,13,14). The molecule has 0 aliphatic carbocycles. The summed E-state index contributed by atoms with van der Waals surface area (Å²) in [6.07, 6.45) is 4.84. The summed E-state index contributed by atoms with van der Waals surface area (Å²) in [6.45, 7) is 0. The molecular weight excluding hydrogens is 258 g/mol. The monoisotopic (exact) mass is 267 g/mol. The number of carboxylic acid groups (broad SMARTS) is 1. The van der Waals surface area contributed by atoms with Crippen LogP contribution >= 0.6 is 23.5 Å². The summed E-state index contributed by atoms with van der Waals surface area (Å²) in [4.78, 5) is 16.6. The molecule has 0 aliphatic heterocycles. The number of carbonyl (C=O) groups is 1. The van der Waals surface area contributed by atoms with E-state index in [0.717, 1.165) is 4.90 Å². The van der Waals surface area contributed by atoms with Crippen LogP contribution < -0.4 is 0 Å². The zero-order valence-corrected chi connectivity index (χ0v) is 10.5. The third-order valence-electron chi connectivity index (χ3n) is 2.03. The van der Waals surface area contributed by atoms with Crippen molar-refractivity contribution in [3.05, 3.63) is 36.2 Å². The quantitative estimate of drug-likeness (QED) is 0.858. The lowest BCUT2D eigenvalue weighted by Gasteiger charge is -2.07. The maximum absolute atomic E-state index is 11.3. The Bertz CT molecular complexity index is 526. The van der Waals surface area contributed by atoms with E-state index in [4.69, 9.17) is 4.42 Å². The van der Waals surface area contributed by atoms with Crippen LogP contribution in [0.2, 0.25) is 0 Å². The van der Waals surface area contributed by atoms with E-state index in [9.17, 15) is 9.90 Å². The van der Waals surface area contributed by atoms with Crippen molar-refractivity contribution in [1.82, 2.24) is 4.98 Å². The van der Waals surface area contributed by atoms with Crippen LogP contribution in [0.25, 0.3) is 0 Å². The highest BCUT2D eigenvalue weighted by Crippen LogP contribution is 2.33. The molecule has 0 radical (unpaired) electrons. The molecule has 0 amide bonds. The van der Waals surface area contributed by atoms with Crippen molar-refractivity contribution in [2.45, 2.75) is 15.0 Å². The number of hydrogen-bond donors (Lipinski definition) is 1. The van der Waals surface area contributed by atoms with Crippen LogP contribution in [0.5, 0.6) is 0 Å². The van der Waals surface area contributed by atoms with Gasteiger partial charge in [0.15, 0.2) is 0 Å². The van der Waals surface area contributed by atoms with Gasteiger partial charge in [-0.2, -0.15) is 0 Å². The number of hydrogen-bond acceptors (Lipinski definition) is 5. The molecule has 17 heavy (non-hydrogen) atoms. The molecule has 6 heteroatoms. The van der Waals surface area contributed by atoms with Crippen LogP contribution in [0.4, 0.5) is 0 Å². The Hall–Kier alpha value is -1.40.